The van der Waals surface area contributed by atoms with E-state index >= 15 is 0 Å². The highest BCUT2D eigenvalue weighted by atomic mass is 79.9. The molecule has 2 aromatic heterocycles. The van der Waals surface area contributed by atoms with E-state index in [1.54, 1.807) is 11.3 Å². The Balaban J connectivity index is 2.29. The second-order valence-corrected chi connectivity index (χ2v) is 6.43. The summed E-state index contributed by atoms with van der Waals surface area (Å²) in [5.74, 6) is 0. The minimum absolute atomic E-state index is 0.280. The SMILES string of the molecule is CNC(Cc1cccs1)c1c(Br)cnn1C(C)C. The molecule has 1 N–H and O–H groups in total. The van der Waals surface area contributed by atoms with Crippen molar-refractivity contribution in [3.63, 3.8) is 0 Å². The van der Waals surface area contributed by atoms with E-state index in [4.69, 9.17) is 0 Å². The largest absolute Gasteiger partial charge is 0.311 e. The highest BCUT2D eigenvalue weighted by molar-refractivity contribution is 9.10. The number of hydrogen-bond donors (Lipinski definition) is 1. The van der Waals surface area contributed by atoms with E-state index in [0.29, 0.717) is 6.04 Å². The third kappa shape index (κ3) is 2.84. The summed E-state index contributed by atoms with van der Waals surface area (Å²) < 4.78 is 3.16. The van der Waals surface area contributed by atoms with Gasteiger partial charge < -0.3 is 5.32 Å². The van der Waals surface area contributed by atoms with Gasteiger partial charge in [-0.15, -0.1) is 11.3 Å². The van der Waals surface area contributed by atoms with Gasteiger partial charge in [0.05, 0.1) is 22.4 Å². The van der Waals surface area contributed by atoms with Crippen LogP contribution in [0.25, 0.3) is 0 Å². The topological polar surface area (TPSA) is 29.9 Å². The van der Waals surface area contributed by atoms with Crippen LogP contribution in [0.4, 0.5) is 0 Å². The molecule has 0 fully saturated rings. The number of rotatable bonds is 5. The lowest BCUT2D eigenvalue weighted by Crippen LogP contribution is -2.23. The standard InChI is InChI=1S/C13H18BrN3S/c1-9(2)17-13(11(14)8-16-17)12(15-3)7-10-5-4-6-18-10/h4-6,8-9,12,15H,7H2,1-3H3. The molecular formula is C13H18BrN3S. The Hall–Kier alpha value is -0.650. The predicted octanol–water partition coefficient (Wildman–Crippen LogP) is 3.79. The molecule has 2 heterocycles. The lowest BCUT2D eigenvalue weighted by Gasteiger charge is -2.20. The van der Waals surface area contributed by atoms with Crippen molar-refractivity contribution in [1.82, 2.24) is 15.1 Å². The van der Waals surface area contributed by atoms with Gasteiger partial charge in [-0.2, -0.15) is 5.10 Å². The van der Waals surface area contributed by atoms with Crippen molar-refractivity contribution in [2.45, 2.75) is 32.4 Å². The van der Waals surface area contributed by atoms with Crippen LogP contribution in [0.1, 0.15) is 36.5 Å². The van der Waals surface area contributed by atoms with E-state index in [1.807, 2.05) is 13.2 Å². The maximum atomic E-state index is 4.45. The van der Waals surface area contributed by atoms with Gasteiger partial charge in [0.1, 0.15) is 0 Å². The Bertz CT molecular complexity index is 490. The van der Waals surface area contributed by atoms with E-state index in [0.717, 1.165) is 10.9 Å². The Labute approximate surface area is 120 Å². The molecule has 1 unspecified atom stereocenters. The number of hydrogen-bond acceptors (Lipinski definition) is 3. The summed E-state index contributed by atoms with van der Waals surface area (Å²) in [4.78, 5) is 1.39. The first kappa shape index (κ1) is 13.8. The molecule has 0 aliphatic carbocycles. The summed E-state index contributed by atoms with van der Waals surface area (Å²) in [6.45, 7) is 4.31. The minimum atomic E-state index is 0.280. The number of aromatic nitrogens is 2. The first-order valence-electron chi connectivity index (χ1n) is 6.06. The van der Waals surface area contributed by atoms with Gasteiger partial charge in [0.25, 0.3) is 0 Å². The Morgan fingerprint density at radius 1 is 1.50 bits per heavy atom. The number of likely N-dealkylation sites (N-methyl/N-ethyl adjacent to an activating group) is 1. The molecule has 2 rings (SSSR count). The molecular weight excluding hydrogens is 310 g/mol. The highest BCUT2D eigenvalue weighted by Crippen LogP contribution is 2.29. The molecule has 0 saturated heterocycles. The molecule has 0 radical (unpaired) electrons. The van der Waals surface area contributed by atoms with Gasteiger partial charge >= 0.3 is 0 Å². The van der Waals surface area contributed by atoms with Crippen molar-refractivity contribution in [1.29, 1.82) is 0 Å². The van der Waals surface area contributed by atoms with Crippen molar-refractivity contribution < 1.29 is 0 Å². The molecule has 0 aromatic carbocycles. The third-order valence-corrected chi connectivity index (χ3v) is 4.45. The molecule has 5 heteroatoms. The van der Waals surface area contributed by atoms with Gasteiger partial charge in [0.2, 0.25) is 0 Å². The van der Waals surface area contributed by atoms with Crippen LogP contribution in [-0.4, -0.2) is 16.8 Å². The predicted molar refractivity (Wildman–Crippen MR) is 80.1 cm³/mol. The average molecular weight is 328 g/mol. The fourth-order valence-electron chi connectivity index (χ4n) is 2.05. The molecule has 3 nitrogen and oxygen atoms in total. The summed E-state index contributed by atoms with van der Waals surface area (Å²) >= 11 is 5.41. The first-order chi connectivity index (χ1) is 8.63. The number of nitrogens with zero attached hydrogens (tertiary/aromatic N) is 2. The summed E-state index contributed by atoms with van der Waals surface area (Å²) in [5.41, 5.74) is 1.22. The van der Waals surface area contributed by atoms with Crippen molar-refractivity contribution in [2.24, 2.45) is 0 Å². The lowest BCUT2D eigenvalue weighted by molar-refractivity contribution is 0.460. The molecule has 18 heavy (non-hydrogen) atoms. The van der Waals surface area contributed by atoms with E-state index in [1.165, 1.54) is 10.6 Å². The second kappa shape index (κ2) is 5.99. The normalized spacial score (nSPS) is 13.2. The summed E-state index contributed by atoms with van der Waals surface area (Å²) in [6, 6.07) is 4.92. The fraction of sp³-hybridized carbons (Fsp3) is 0.462. The van der Waals surface area contributed by atoms with Crippen molar-refractivity contribution in [3.8, 4) is 0 Å². The lowest BCUT2D eigenvalue weighted by atomic mass is 10.1. The quantitative estimate of drug-likeness (QED) is 0.905. The van der Waals surface area contributed by atoms with Crippen LogP contribution in [0, 0.1) is 0 Å². The van der Waals surface area contributed by atoms with E-state index in [9.17, 15) is 0 Å². The monoisotopic (exact) mass is 327 g/mol. The maximum Gasteiger partial charge on any atom is 0.0702 e. The molecule has 1 atom stereocenters. The number of nitrogens with one attached hydrogen (secondary N) is 1. The fourth-order valence-corrected chi connectivity index (χ4v) is 3.36. The second-order valence-electron chi connectivity index (χ2n) is 4.54. The zero-order valence-corrected chi connectivity index (χ0v) is 13.3. The first-order valence-corrected chi connectivity index (χ1v) is 7.73. The van der Waals surface area contributed by atoms with Crippen LogP contribution in [0.15, 0.2) is 28.2 Å². The maximum absolute atomic E-state index is 4.45. The van der Waals surface area contributed by atoms with Gasteiger partial charge in [-0.25, -0.2) is 0 Å². The van der Waals surface area contributed by atoms with Crippen LogP contribution in [0.2, 0.25) is 0 Å². The van der Waals surface area contributed by atoms with E-state index in [2.05, 4.69) is 62.4 Å². The minimum Gasteiger partial charge on any atom is -0.311 e. The van der Waals surface area contributed by atoms with Crippen LogP contribution in [0.5, 0.6) is 0 Å². The smallest absolute Gasteiger partial charge is 0.0702 e. The van der Waals surface area contributed by atoms with Crippen LogP contribution >= 0.6 is 27.3 Å². The van der Waals surface area contributed by atoms with Gasteiger partial charge in [-0.05, 0) is 48.3 Å². The van der Waals surface area contributed by atoms with Crippen LogP contribution in [0.3, 0.4) is 0 Å². The van der Waals surface area contributed by atoms with Crippen LogP contribution in [-0.2, 0) is 6.42 Å². The Morgan fingerprint density at radius 2 is 2.28 bits per heavy atom. The average Bonchev–Trinajstić information content (AvgIpc) is 2.95. The molecule has 0 aliphatic rings. The van der Waals surface area contributed by atoms with Crippen molar-refractivity contribution in [2.75, 3.05) is 7.05 Å². The zero-order chi connectivity index (χ0) is 13.1. The Kier molecular flexibility index (Phi) is 4.59. The van der Waals surface area contributed by atoms with Gasteiger partial charge in [-0.1, -0.05) is 6.07 Å². The molecule has 0 aliphatic heterocycles. The van der Waals surface area contributed by atoms with E-state index in [-0.39, 0.29) is 6.04 Å². The molecule has 0 amide bonds. The highest BCUT2D eigenvalue weighted by Gasteiger charge is 2.20. The van der Waals surface area contributed by atoms with Crippen molar-refractivity contribution in [3.05, 3.63) is 38.8 Å². The molecule has 0 saturated carbocycles. The summed E-state index contributed by atoms with van der Waals surface area (Å²) in [5, 5.41) is 9.96. The Morgan fingerprint density at radius 3 is 2.83 bits per heavy atom. The molecule has 2 aromatic rings. The van der Waals surface area contributed by atoms with E-state index < -0.39 is 0 Å². The zero-order valence-electron chi connectivity index (χ0n) is 10.9. The summed E-state index contributed by atoms with van der Waals surface area (Å²) in [6.07, 6.45) is 2.87. The molecule has 0 spiro atoms. The third-order valence-electron chi connectivity index (χ3n) is 2.94. The molecule has 98 valence electrons. The molecule has 0 bridgehead atoms. The van der Waals surface area contributed by atoms with Gasteiger partial charge in [0.15, 0.2) is 0 Å². The van der Waals surface area contributed by atoms with Crippen LogP contribution < -0.4 is 5.32 Å². The van der Waals surface area contributed by atoms with Gasteiger partial charge in [-0.3, -0.25) is 4.68 Å². The van der Waals surface area contributed by atoms with Crippen molar-refractivity contribution >= 4 is 27.3 Å². The number of halogens is 1. The number of thiophene rings is 1. The summed E-state index contributed by atoms with van der Waals surface area (Å²) in [7, 11) is 2.00. The van der Waals surface area contributed by atoms with Gasteiger partial charge in [0, 0.05) is 17.3 Å².